The van der Waals surface area contributed by atoms with E-state index in [-0.39, 0.29) is 18.0 Å². The van der Waals surface area contributed by atoms with Gasteiger partial charge in [0, 0.05) is 30.9 Å². The molecule has 4 rings (SSSR count). The lowest BCUT2D eigenvalue weighted by molar-refractivity contribution is 0.998. The monoisotopic (exact) mass is 288 g/mol. The topological polar surface area (TPSA) is 76.2 Å². The highest BCUT2D eigenvalue weighted by Crippen LogP contribution is 2.34. The third kappa shape index (κ3) is 1.60. The Labute approximate surface area is 120 Å². The van der Waals surface area contributed by atoms with Crippen molar-refractivity contribution in [1.29, 1.82) is 0 Å². The first-order chi connectivity index (χ1) is 9.28. The number of nitrogens with one attached hydrogen (secondary N) is 1. The number of halogens is 1. The van der Waals surface area contributed by atoms with Gasteiger partial charge in [0.1, 0.15) is 0 Å². The largest absolute Gasteiger partial charge is 0.326 e. The molecule has 102 valence electrons. The van der Waals surface area contributed by atoms with Gasteiger partial charge < -0.3 is 10.7 Å². The van der Waals surface area contributed by atoms with Crippen LogP contribution in [0.25, 0.3) is 16.9 Å². The van der Waals surface area contributed by atoms with E-state index in [0.717, 1.165) is 28.9 Å². The van der Waals surface area contributed by atoms with E-state index in [1.807, 2.05) is 22.7 Å². The number of nitrogens with two attached hydrogens (primary N) is 1. The Morgan fingerprint density at radius 3 is 3.05 bits per heavy atom. The number of nitrogens with zero attached hydrogens (tertiary/aromatic N) is 2. The maximum Gasteiger partial charge on any atom is 0.292 e. The molecular weight excluding hydrogens is 276 g/mol. The van der Waals surface area contributed by atoms with E-state index in [4.69, 9.17) is 5.73 Å². The molecule has 5 nitrogen and oxygen atoms in total. The van der Waals surface area contributed by atoms with Gasteiger partial charge in [-0.25, -0.2) is 4.98 Å². The zero-order valence-corrected chi connectivity index (χ0v) is 11.4. The fraction of sp³-hybridized carbons (Fsp3) is 0.143. The Balaban J connectivity index is 0.00000121. The van der Waals surface area contributed by atoms with Gasteiger partial charge in [-0.05, 0) is 11.1 Å². The van der Waals surface area contributed by atoms with Gasteiger partial charge in [-0.3, -0.25) is 9.20 Å². The average Bonchev–Trinajstić information content (AvgIpc) is 3.02. The van der Waals surface area contributed by atoms with Gasteiger partial charge in [-0.15, -0.1) is 12.4 Å². The van der Waals surface area contributed by atoms with Crippen molar-refractivity contribution in [3.8, 4) is 11.3 Å². The summed E-state index contributed by atoms with van der Waals surface area (Å²) in [6.07, 6.45) is 4.28. The first-order valence-electron chi connectivity index (χ1n) is 6.18. The van der Waals surface area contributed by atoms with Crippen LogP contribution in [-0.2, 0) is 13.0 Å². The van der Waals surface area contributed by atoms with Gasteiger partial charge >= 0.3 is 0 Å². The zero-order chi connectivity index (χ0) is 13.0. The predicted molar refractivity (Wildman–Crippen MR) is 79.2 cm³/mol. The fourth-order valence-electron chi connectivity index (χ4n) is 2.79. The molecule has 0 radical (unpaired) electrons. The lowest BCUT2D eigenvalue weighted by Crippen LogP contribution is -2.13. The maximum absolute atomic E-state index is 12.0. The Bertz CT molecular complexity index is 865. The molecule has 1 aliphatic carbocycles. The van der Waals surface area contributed by atoms with E-state index in [2.05, 4.69) is 16.0 Å². The van der Waals surface area contributed by atoms with Gasteiger partial charge in [-0.2, -0.15) is 0 Å². The molecule has 0 aliphatic heterocycles. The summed E-state index contributed by atoms with van der Waals surface area (Å²) in [6, 6.07) is 6.14. The lowest BCUT2D eigenvalue weighted by atomic mass is 10.1. The molecule has 3 N–H and O–H groups in total. The number of aromatic nitrogens is 3. The van der Waals surface area contributed by atoms with Crippen LogP contribution in [0.4, 0.5) is 0 Å². The van der Waals surface area contributed by atoms with E-state index in [0.29, 0.717) is 12.2 Å². The second-order valence-electron chi connectivity index (χ2n) is 4.77. The van der Waals surface area contributed by atoms with E-state index < -0.39 is 0 Å². The van der Waals surface area contributed by atoms with E-state index >= 15 is 0 Å². The van der Waals surface area contributed by atoms with Crippen molar-refractivity contribution in [1.82, 2.24) is 14.4 Å². The van der Waals surface area contributed by atoms with Crippen LogP contribution in [0, 0.1) is 0 Å². The van der Waals surface area contributed by atoms with Crippen LogP contribution >= 0.6 is 12.4 Å². The molecule has 1 aliphatic rings. The molecule has 1 aromatic carbocycles. The van der Waals surface area contributed by atoms with Crippen LogP contribution in [-0.4, -0.2) is 14.4 Å². The van der Waals surface area contributed by atoms with Crippen molar-refractivity contribution in [3.05, 3.63) is 57.8 Å². The Morgan fingerprint density at radius 2 is 2.25 bits per heavy atom. The molecule has 3 aromatic rings. The summed E-state index contributed by atoms with van der Waals surface area (Å²) in [4.78, 5) is 19.0. The Kier molecular flexibility index (Phi) is 2.88. The van der Waals surface area contributed by atoms with E-state index in [1.54, 1.807) is 6.20 Å². The second-order valence-corrected chi connectivity index (χ2v) is 4.77. The quantitative estimate of drug-likeness (QED) is 0.557. The van der Waals surface area contributed by atoms with Gasteiger partial charge in [0.25, 0.3) is 5.56 Å². The predicted octanol–water partition coefficient (Wildman–Crippen LogP) is 1.47. The van der Waals surface area contributed by atoms with E-state index in [1.165, 1.54) is 5.56 Å². The molecule has 0 fully saturated rings. The zero-order valence-electron chi connectivity index (χ0n) is 10.6. The van der Waals surface area contributed by atoms with Crippen LogP contribution in [0.1, 0.15) is 16.8 Å². The highest BCUT2D eigenvalue weighted by Gasteiger charge is 2.23. The van der Waals surface area contributed by atoms with Gasteiger partial charge in [0.2, 0.25) is 5.65 Å². The van der Waals surface area contributed by atoms with Crippen LogP contribution in [0.15, 0.2) is 35.4 Å². The van der Waals surface area contributed by atoms with Gasteiger partial charge in [-0.1, -0.05) is 18.2 Å². The number of hydrogen-bond acceptors (Lipinski definition) is 3. The minimum Gasteiger partial charge on any atom is -0.326 e. The molecular formula is C14H13ClN4O. The van der Waals surface area contributed by atoms with Crippen molar-refractivity contribution >= 4 is 18.1 Å². The van der Waals surface area contributed by atoms with Crippen molar-refractivity contribution in [2.45, 2.75) is 13.0 Å². The molecule has 0 saturated heterocycles. The van der Waals surface area contributed by atoms with Crippen LogP contribution in [0.5, 0.6) is 0 Å². The molecule has 6 heteroatoms. The number of rotatable bonds is 1. The molecule has 0 amide bonds. The standard InChI is InChI=1S/C14H12N4O.ClH/c15-7-8-1-2-10-9(5-8)6-11-12(10)17-14(19)13-16-3-4-18(11)13;/h1-5H,6-7,15H2,(H,17,19);1H. The molecule has 0 atom stereocenters. The highest BCUT2D eigenvalue weighted by molar-refractivity contribution is 5.85. The number of benzene rings is 1. The minimum absolute atomic E-state index is 0. The van der Waals surface area contributed by atoms with E-state index in [9.17, 15) is 4.79 Å². The Hall–Kier alpha value is -2.11. The molecule has 0 bridgehead atoms. The number of imidazole rings is 1. The SMILES string of the molecule is Cl.NCc1ccc2c(c1)Cc1c-2[nH]c(=O)c2nccn12. The summed E-state index contributed by atoms with van der Waals surface area (Å²) in [5.41, 5.74) is 11.3. The van der Waals surface area contributed by atoms with Gasteiger partial charge in [0.05, 0.1) is 11.4 Å². The summed E-state index contributed by atoms with van der Waals surface area (Å²) in [5.74, 6) is 0. The summed E-state index contributed by atoms with van der Waals surface area (Å²) in [6.45, 7) is 0.528. The summed E-state index contributed by atoms with van der Waals surface area (Å²) in [5, 5.41) is 0. The lowest BCUT2D eigenvalue weighted by Gasteiger charge is -2.03. The van der Waals surface area contributed by atoms with Crippen LogP contribution < -0.4 is 11.3 Å². The smallest absolute Gasteiger partial charge is 0.292 e. The molecule has 2 heterocycles. The molecule has 20 heavy (non-hydrogen) atoms. The molecule has 0 spiro atoms. The maximum atomic E-state index is 12.0. The van der Waals surface area contributed by atoms with Crippen molar-refractivity contribution in [2.75, 3.05) is 0 Å². The number of aromatic amines is 1. The third-order valence-electron chi connectivity index (χ3n) is 3.69. The Morgan fingerprint density at radius 1 is 1.40 bits per heavy atom. The second kappa shape index (κ2) is 4.47. The summed E-state index contributed by atoms with van der Waals surface area (Å²) in [7, 11) is 0. The minimum atomic E-state index is -0.153. The number of hydrogen-bond donors (Lipinski definition) is 2. The molecule has 0 saturated carbocycles. The van der Waals surface area contributed by atoms with Crippen molar-refractivity contribution in [2.24, 2.45) is 5.73 Å². The first-order valence-corrected chi connectivity index (χ1v) is 6.18. The normalized spacial score (nSPS) is 12.1. The van der Waals surface area contributed by atoms with Crippen molar-refractivity contribution < 1.29 is 0 Å². The fourth-order valence-corrected chi connectivity index (χ4v) is 2.79. The molecule has 0 unspecified atom stereocenters. The van der Waals surface area contributed by atoms with Gasteiger partial charge in [0.15, 0.2) is 0 Å². The van der Waals surface area contributed by atoms with Crippen LogP contribution in [0.3, 0.4) is 0 Å². The average molecular weight is 289 g/mol. The number of H-pyrrole nitrogens is 1. The first kappa shape index (κ1) is 12.9. The summed E-state index contributed by atoms with van der Waals surface area (Å²) >= 11 is 0. The third-order valence-corrected chi connectivity index (χ3v) is 3.69. The molecule has 2 aromatic heterocycles. The van der Waals surface area contributed by atoms with Crippen LogP contribution in [0.2, 0.25) is 0 Å². The number of fused-ring (bicyclic) bond motifs is 5. The van der Waals surface area contributed by atoms with Crippen molar-refractivity contribution in [3.63, 3.8) is 0 Å². The summed E-state index contributed by atoms with van der Waals surface area (Å²) < 4.78 is 1.87. The highest BCUT2D eigenvalue weighted by atomic mass is 35.5.